The normalized spacial score (nSPS) is 10.2. The largest absolute Gasteiger partial charge is 0.326 e. The van der Waals surface area contributed by atoms with Gasteiger partial charge in [-0.25, -0.2) is 0 Å². The number of hydrogen-bond donors (Lipinski definition) is 2. The maximum absolute atomic E-state index is 12.3. The van der Waals surface area contributed by atoms with Crippen molar-refractivity contribution in [3.63, 3.8) is 0 Å². The monoisotopic (exact) mass is 387 g/mol. The fourth-order valence-electron chi connectivity index (χ4n) is 2.68. The Kier molecular flexibility index (Phi) is 6.96. The number of amides is 3. The van der Waals surface area contributed by atoms with Gasteiger partial charge in [-0.3, -0.25) is 14.4 Å². The van der Waals surface area contributed by atoms with Crippen LogP contribution in [0.5, 0.6) is 0 Å². The zero-order chi connectivity index (χ0) is 20.0. The smallest absolute Gasteiger partial charge is 0.226 e. The topological polar surface area (TPSA) is 78.5 Å². The van der Waals surface area contributed by atoms with Gasteiger partial charge in [0.25, 0.3) is 0 Å². The Morgan fingerprint density at radius 2 is 1.67 bits per heavy atom. The van der Waals surface area contributed by atoms with Crippen molar-refractivity contribution < 1.29 is 14.4 Å². The Morgan fingerprint density at radius 3 is 2.26 bits per heavy atom. The van der Waals surface area contributed by atoms with E-state index in [1.54, 1.807) is 47.4 Å². The number of hydrogen-bond acceptors (Lipinski definition) is 3. The van der Waals surface area contributed by atoms with Gasteiger partial charge < -0.3 is 15.5 Å². The third-order valence-corrected chi connectivity index (χ3v) is 4.09. The van der Waals surface area contributed by atoms with Gasteiger partial charge in [-0.1, -0.05) is 17.7 Å². The number of carbonyl (C=O) groups is 3. The second kappa shape index (κ2) is 9.19. The number of aryl methyl sites for hydroxylation is 1. The van der Waals surface area contributed by atoms with Crippen LogP contribution in [0.1, 0.15) is 25.8 Å². The molecule has 0 aliphatic rings. The number of anilines is 3. The molecule has 142 valence electrons. The Labute approximate surface area is 163 Å². The molecule has 0 saturated heterocycles. The number of halogens is 1. The molecule has 3 amide bonds. The SMILES string of the molecule is CC(=O)Nc1cccc(NC(=O)CCN(C(C)=O)c2ccc(Cl)cc2C)c1. The lowest BCUT2D eigenvalue weighted by molar-refractivity contribution is -0.117. The first-order valence-corrected chi connectivity index (χ1v) is 8.86. The lowest BCUT2D eigenvalue weighted by Crippen LogP contribution is -2.32. The molecule has 2 aromatic carbocycles. The maximum Gasteiger partial charge on any atom is 0.226 e. The maximum atomic E-state index is 12.3. The van der Waals surface area contributed by atoms with E-state index in [0.717, 1.165) is 11.3 Å². The molecule has 6 nitrogen and oxygen atoms in total. The van der Waals surface area contributed by atoms with Crippen LogP contribution in [0.25, 0.3) is 0 Å². The highest BCUT2D eigenvalue weighted by Crippen LogP contribution is 2.24. The molecule has 2 rings (SSSR count). The molecule has 7 heteroatoms. The summed E-state index contributed by atoms with van der Waals surface area (Å²) in [4.78, 5) is 37.0. The molecular weight excluding hydrogens is 366 g/mol. The standard InChI is InChI=1S/C20H22ClN3O3/c1-13-11-16(21)7-8-19(13)24(15(3)26)10-9-20(27)23-18-6-4-5-17(12-18)22-14(2)25/h4-8,11-12H,9-10H2,1-3H3,(H,22,25)(H,23,27). The van der Waals surface area contributed by atoms with Crippen molar-refractivity contribution in [1.82, 2.24) is 0 Å². The zero-order valence-electron chi connectivity index (χ0n) is 15.5. The van der Waals surface area contributed by atoms with E-state index in [0.29, 0.717) is 16.4 Å². The van der Waals surface area contributed by atoms with E-state index in [1.165, 1.54) is 13.8 Å². The van der Waals surface area contributed by atoms with Gasteiger partial charge in [0.2, 0.25) is 17.7 Å². The third-order valence-electron chi connectivity index (χ3n) is 3.86. The summed E-state index contributed by atoms with van der Waals surface area (Å²) in [5.41, 5.74) is 2.76. The minimum atomic E-state index is -0.229. The van der Waals surface area contributed by atoms with Crippen molar-refractivity contribution in [2.45, 2.75) is 27.2 Å². The quantitative estimate of drug-likeness (QED) is 0.786. The zero-order valence-corrected chi connectivity index (χ0v) is 16.3. The summed E-state index contributed by atoms with van der Waals surface area (Å²) in [5.74, 6) is -0.567. The third kappa shape index (κ3) is 6.11. The molecule has 0 bridgehead atoms. The van der Waals surface area contributed by atoms with E-state index in [-0.39, 0.29) is 30.7 Å². The van der Waals surface area contributed by atoms with E-state index in [2.05, 4.69) is 10.6 Å². The Hall–Kier alpha value is -2.86. The fourth-order valence-corrected chi connectivity index (χ4v) is 2.91. The molecular formula is C20H22ClN3O3. The summed E-state index contributed by atoms with van der Waals surface area (Å²) in [6.45, 7) is 4.99. The van der Waals surface area contributed by atoms with Crippen molar-refractivity contribution in [3.05, 3.63) is 53.1 Å². The van der Waals surface area contributed by atoms with Gasteiger partial charge in [0.1, 0.15) is 0 Å². The highest BCUT2D eigenvalue weighted by molar-refractivity contribution is 6.30. The summed E-state index contributed by atoms with van der Waals surface area (Å²) in [6, 6.07) is 12.1. The van der Waals surface area contributed by atoms with Crippen molar-refractivity contribution in [3.8, 4) is 0 Å². The van der Waals surface area contributed by atoms with Gasteiger partial charge in [0.05, 0.1) is 0 Å². The van der Waals surface area contributed by atoms with Crippen LogP contribution in [-0.4, -0.2) is 24.3 Å². The molecule has 2 N–H and O–H groups in total. The van der Waals surface area contributed by atoms with Crippen molar-refractivity contribution in [2.24, 2.45) is 0 Å². The first-order valence-electron chi connectivity index (χ1n) is 8.48. The lowest BCUT2D eigenvalue weighted by Gasteiger charge is -2.23. The molecule has 0 unspecified atom stereocenters. The van der Waals surface area contributed by atoms with Gasteiger partial charge in [0, 0.05) is 48.9 Å². The van der Waals surface area contributed by atoms with E-state index in [1.807, 2.05) is 6.92 Å². The van der Waals surface area contributed by atoms with Gasteiger partial charge in [0.15, 0.2) is 0 Å². The lowest BCUT2D eigenvalue weighted by atomic mass is 10.1. The van der Waals surface area contributed by atoms with Crippen molar-refractivity contribution >= 4 is 46.4 Å². The first-order chi connectivity index (χ1) is 12.8. The van der Waals surface area contributed by atoms with Gasteiger partial charge in [-0.15, -0.1) is 0 Å². The second-order valence-electron chi connectivity index (χ2n) is 6.16. The average Bonchev–Trinajstić information content (AvgIpc) is 2.56. The van der Waals surface area contributed by atoms with Crippen LogP contribution in [0.2, 0.25) is 5.02 Å². The van der Waals surface area contributed by atoms with Crippen LogP contribution in [0.3, 0.4) is 0 Å². The number of benzene rings is 2. The van der Waals surface area contributed by atoms with Gasteiger partial charge in [-0.05, 0) is 48.9 Å². The van der Waals surface area contributed by atoms with Crippen LogP contribution >= 0.6 is 11.6 Å². The van der Waals surface area contributed by atoms with E-state index >= 15 is 0 Å². The van der Waals surface area contributed by atoms with E-state index < -0.39 is 0 Å². The number of carbonyl (C=O) groups excluding carboxylic acids is 3. The average molecular weight is 388 g/mol. The number of rotatable bonds is 6. The van der Waals surface area contributed by atoms with Crippen molar-refractivity contribution in [1.29, 1.82) is 0 Å². The number of nitrogens with zero attached hydrogens (tertiary/aromatic N) is 1. The van der Waals surface area contributed by atoms with E-state index in [4.69, 9.17) is 11.6 Å². The summed E-state index contributed by atoms with van der Waals surface area (Å²) in [6.07, 6.45) is 0.131. The fraction of sp³-hybridized carbons (Fsp3) is 0.250. The highest BCUT2D eigenvalue weighted by atomic mass is 35.5. The predicted octanol–water partition coefficient (Wildman–Crippen LogP) is 3.99. The molecule has 0 radical (unpaired) electrons. The predicted molar refractivity (Wildman–Crippen MR) is 108 cm³/mol. The number of nitrogens with one attached hydrogen (secondary N) is 2. The van der Waals surface area contributed by atoms with Gasteiger partial charge >= 0.3 is 0 Å². The minimum absolute atomic E-state index is 0.131. The van der Waals surface area contributed by atoms with Crippen LogP contribution in [-0.2, 0) is 14.4 Å². The summed E-state index contributed by atoms with van der Waals surface area (Å²) in [7, 11) is 0. The molecule has 0 aliphatic carbocycles. The van der Waals surface area contributed by atoms with Crippen molar-refractivity contribution in [2.75, 3.05) is 22.1 Å². The molecule has 2 aromatic rings. The molecule has 0 atom stereocenters. The molecule has 0 aliphatic heterocycles. The van der Waals surface area contributed by atoms with Crippen LogP contribution in [0, 0.1) is 6.92 Å². The Balaban J connectivity index is 2.02. The van der Waals surface area contributed by atoms with Crippen LogP contribution < -0.4 is 15.5 Å². The summed E-state index contributed by atoms with van der Waals surface area (Å²) < 4.78 is 0. The molecule has 0 spiro atoms. The Morgan fingerprint density at radius 1 is 1.00 bits per heavy atom. The minimum Gasteiger partial charge on any atom is -0.326 e. The summed E-state index contributed by atoms with van der Waals surface area (Å²) >= 11 is 5.97. The summed E-state index contributed by atoms with van der Waals surface area (Å²) in [5, 5.41) is 6.03. The first kappa shape index (κ1) is 20.5. The molecule has 0 heterocycles. The van der Waals surface area contributed by atoms with Crippen LogP contribution in [0.15, 0.2) is 42.5 Å². The van der Waals surface area contributed by atoms with E-state index in [9.17, 15) is 14.4 Å². The highest BCUT2D eigenvalue weighted by Gasteiger charge is 2.16. The molecule has 0 saturated carbocycles. The molecule has 0 aromatic heterocycles. The Bertz CT molecular complexity index is 867. The van der Waals surface area contributed by atoms with Crippen LogP contribution in [0.4, 0.5) is 17.1 Å². The molecule has 27 heavy (non-hydrogen) atoms. The second-order valence-corrected chi connectivity index (χ2v) is 6.60. The van der Waals surface area contributed by atoms with Gasteiger partial charge in [-0.2, -0.15) is 0 Å². The molecule has 0 fully saturated rings.